The standard InChI is InChI=1S/C17H13NO2S/c1-11-7-5-6-10-13(11)14-15(17(19)20)21-16(18-14)12-8-3-2-4-9-12/h2-10H,1H3,(H,19,20). The van der Waals surface area contributed by atoms with E-state index in [-0.39, 0.29) is 4.88 Å². The number of nitrogens with zero attached hydrogens (tertiary/aromatic N) is 1. The molecule has 0 spiro atoms. The molecule has 1 N–H and O–H groups in total. The number of aromatic carboxylic acids is 1. The van der Waals surface area contributed by atoms with Crippen LogP contribution in [0.4, 0.5) is 0 Å². The number of carboxylic acids is 1. The van der Waals surface area contributed by atoms with Crippen LogP contribution in [0.2, 0.25) is 0 Å². The summed E-state index contributed by atoms with van der Waals surface area (Å²) in [6.07, 6.45) is 0. The van der Waals surface area contributed by atoms with Crippen LogP contribution in [-0.2, 0) is 0 Å². The topological polar surface area (TPSA) is 50.2 Å². The van der Waals surface area contributed by atoms with E-state index in [2.05, 4.69) is 4.98 Å². The molecule has 21 heavy (non-hydrogen) atoms. The van der Waals surface area contributed by atoms with E-state index >= 15 is 0 Å². The average Bonchev–Trinajstić information content (AvgIpc) is 2.94. The Morgan fingerprint density at radius 1 is 1.05 bits per heavy atom. The summed E-state index contributed by atoms with van der Waals surface area (Å²) in [5.41, 5.74) is 3.37. The second-order valence-corrected chi connectivity index (χ2v) is 5.68. The van der Waals surface area contributed by atoms with Crippen LogP contribution >= 0.6 is 11.3 Å². The summed E-state index contributed by atoms with van der Waals surface area (Å²) in [6, 6.07) is 17.3. The molecule has 0 saturated carbocycles. The predicted octanol–water partition coefficient (Wildman–Crippen LogP) is 4.48. The van der Waals surface area contributed by atoms with E-state index in [0.29, 0.717) is 5.69 Å². The van der Waals surface area contributed by atoms with Gasteiger partial charge in [0.2, 0.25) is 0 Å². The van der Waals surface area contributed by atoms with Crippen LogP contribution in [0.5, 0.6) is 0 Å². The van der Waals surface area contributed by atoms with Crippen molar-refractivity contribution in [3.63, 3.8) is 0 Å². The van der Waals surface area contributed by atoms with E-state index in [1.54, 1.807) is 0 Å². The van der Waals surface area contributed by atoms with Gasteiger partial charge in [-0.2, -0.15) is 0 Å². The predicted molar refractivity (Wildman–Crippen MR) is 84.7 cm³/mol. The second kappa shape index (κ2) is 5.50. The molecule has 4 heteroatoms. The molecule has 0 unspecified atom stereocenters. The Hall–Kier alpha value is -2.46. The van der Waals surface area contributed by atoms with Crippen molar-refractivity contribution in [1.29, 1.82) is 0 Å². The summed E-state index contributed by atoms with van der Waals surface area (Å²) >= 11 is 1.21. The summed E-state index contributed by atoms with van der Waals surface area (Å²) in [6.45, 7) is 1.96. The summed E-state index contributed by atoms with van der Waals surface area (Å²) in [4.78, 5) is 16.4. The number of carbonyl (C=O) groups is 1. The summed E-state index contributed by atoms with van der Waals surface area (Å²) < 4.78 is 0. The van der Waals surface area contributed by atoms with E-state index in [1.807, 2.05) is 61.5 Å². The number of hydrogen-bond acceptors (Lipinski definition) is 3. The Morgan fingerprint density at radius 3 is 2.38 bits per heavy atom. The van der Waals surface area contributed by atoms with Crippen molar-refractivity contribution in [2.45, 2.75) is 6.92 Å². The number of aryl methyl sites for hydroxylation is 1. The third-order valence-corrected chi connectivity index (χ3v) is 4.33. The summed E-state index contributed by atoms with van der Waals surface area (Å²) in [7, 11) is 0. The number of carboxylic acid groups (broad SMARTS) is 1. The molecule has 0 atom stereocenters. The molecule has 3 nitrogen and oxygen atoms in total. The average molecular weight is 295 g/mol. The van der Waals surface area contributed by atoms with Gasteiger partial charge in [-0.1, -0.05) is 54.6 Å². The van der Waals surface area contributed by atoms with E-state index < -0.39 is 5.97 Å². The van der Waals surface area contributed by atoms with Crippen LogP contribution in [-0.4, -0.2) is 16.1 Å². The lowest BCUT2D eigenvalue weighted by Crippen LogP contribution is -1.96. The van der Waals surface area contributed by atoms with Crippen molar-refractivity contribution in [1.82, 2.24) is 4.98 Å². The number of thiazole rings is 1. The van der Waals surface area contributed by atoms with Crippen molar-refractivity contribution >= 4 is 17.3 Å². The zero-order valence-corrected chi connectivity index (χ0v) is 12.2. The van der Waals surface area contributed by atoms with E-state index in [0.717, 1.165) is 21.7 Å². The zero-order chi connectivity index (χ0) is 14.8. The van der Waals surface area contributed by atoms with Gasteiger partial charge in [0.1, 0.15) is 9.88 Å². The lowest BCUT2D eigenvalue weighted by molar-refractivity contribution is 0.0702. The maximum atomic E-state index is 11.5. The minimum atomic E-state index is -0.937. The van der Waals surface area contributed by atoms with Crippen molar-refractivity contribution < 1.29 is 9.90 Å². The van der Waals surface area contributed by atoms with Crippen molar-refractivity contribution in [2.24, 2.45) is 0 Å². The lowest BCUT2D eigenvalue weighted by atomic mass is 10.1. The monoisotopic (exact) mass is 295 g/mol. The van der Waals surface area contributed by atoms with E-state index in [9.17, 15) is 9.90 Å². The molecule has 0 amide bonds. The molecule has 1 heterocycles. The van der Waals surface area contributed by atoms with E-state index in [4.69, 9.17) is 0 Å². The van der Waals surface area contributed by atoms with Gasteiger partial charge in [0.15, 0.2) is 0 Å². The van der Waals surface area contributed by atoms with E-state index in [1.165, 1.54) is 11.3 Å². The smallest absolute Gasteiger partial charge is 0.348 e. The summed E-state index contributed by atoms with van der Waals surface area (Å²) in [5, 5.41) is 10.2. The first-order valence-corrected chi connectivity index (χ1v) is 7.34. The lowest BCUT2D eigenvalue weighted by Gasteiger charge is -2.02. The quantitative estimate of drug-likeness (QED) is 0.775. The first-order chi connectivity index (χ1) is 10.2. The van der Waals surface area contributed by atoms with Crippen LogP contribution in [0, 0.1) is 6.92 Å². The molecular weight excluding hydrogens is 282 g/mol. The molecule has 2 aromatic carbocycles. The third-order valence-electron chi connectivity index (χ3n) is 3.24. The highest BCUT2D eigenvalue weighted by Crippen LogP contribution is 2.35. The van der Waals surface area contributed by atoms with Gasteiger partial charge in [0.25, 0.3) is 0 Å². The maximum absolute atomic E-state index is 11.5. The minimum absolute atomic E-state index is 0.281. The molecule has 0 aliphatic heterocycles. The van der Waals surface area contributed by atoms with Gasteiger partial charge in [-0.25, -0.2) is 9.78 Å². The molecule has 0 bridgehead atoms. The molecule has 0 aliphatic rings. The van der Waals surface area contributed by atoms with Gasteiger partial charge in [-0.15, -0.1) is 11.3 Å². The van der Waals surface area contributed by atoms with Gasteiger partial charge in [-0.3, -0.25) is 0 Å². The first-order valence-electron chi connectivity index (χ1n) is 6.52. The fourth-order valence-corrected chi connectivity index (χ4v) is 3.11. The molecule has 3 rings (SSSR count). The first kappa shape index (κ1) is 13.5. The molecular formula is C17H13NO2S. The molecule has 3 aromatic rings. The normalized spacial score (nSPS) is 10.5. The number of aromatic nitrogens is 1. The summed E-state index contributed by atoms with van der Waals surface area (Å²) in [5.74, 6) is -0.937. The maximum Gasteiger partial charge on any atom is 0.348 e. The largest absolute Gasteiger partial charge is 0.477 e. The SMILES string of the molecule is Cc1ccccc1-c1nc(-c2ccccc2)sc1C(=O)O. The van der Waals surface area contributed by atoms with Crippen molar-refractivity contribution in [3.8, 4) is 21.8 Å². The molecule has 0 radical (unpaired) electrons. The molecule has 1 aromatic heterocycles. The molecule has 0 fully saturated rings. The van der Waals surface area contributed by atoms with Crippen LogP contribution < -0.4 is 0 Å². The highest BCUT2D eigenvalue weighted by Gasteiger charge is 2.20. The van der Waals surface area contributed by atoms with Crippen molar-refractivity contribution in [3.05, 3.63) is 65.0 Å². The molecule has 0 saturated heterocycles. The Balaban J connectivity index is 2.19. The second-order valence-electron chi connectivity index (χ2n) is 4.68. The molecule has 104 valence electrons. The molecule has 0 aliphatic carbocycles. The fraction of sp³-hybridized carbons (Fsp3) is 0.0588. The van der Waals surface area contributed by atoms with Gasteiger partial charge >= 0.3 is 5.97 Å². The highest BCUT2D eigenvalue weighted by atomic mass is 32.1. The Kier molecular flexibility index (Phi) is 3.54. The number of benzene rings is 2. The van der Waals surface area contributed by atoms with Gasteiger partial charge in [0.05, 0.1) is 5.69 Å². The van der Waals surface area contributed by atoms with Crippen LogP contribution in [0.25, 0.3) is 21.8 Å². The zero-order valence-electron chi connectivity index (χ0n) is 11.4. The van der Waals surface area contributed by atoms with Gasteiger partial charge in [0, 0.05) is 11.1 Å². The van der Waals surface area contributed by atoms with Gasteiger partial charge < -0.3 is 5.11 Å². The van der Waals surface area contributed by atoms with Crippen molar-refractivity contribution in [2.75, 3.05) is 0 Å². The Labute approximate surface area is 126 Å². The number of hydrogen-bond donors (Lipinski definition) is 1. The van der Waals surface area contributed by atoms with Crippen LogP contribution in [0.3, 0.4) is 0 Å². The fourth-order valence-electron chi connectivity index (χ4n) is 2.19. The number of rotatable bonds is 3. The highest BCUT2D eigenvalue weighted by molar-refractivity contribution is 7.17. The Morgan fingerprint density at radius 2 is 1.71 bits per heavy atom. The van der Waals surface area contributed by atoms with Gasteiger partial charge in [-0.05, 0) is 12.5 Å². The van der Waals surface area contributed by atoms with Crippen LogP contribution in [0.1, 0.15) is 15.2 Å². The van der Waals surface area contributed by atoms with Crippen LogP contribution in [0.15, 0.2) is 54.6 Å². The Bertz CT molecular complexity index is 794. The minimum Gasteiger partial charge on any atom is -0.477 e. The third kappa shape index (κ3) is 2.58.